The van der Waals surface area contributed by atoms with Crippen LogP contribution >= 0.6 is 57.1 Å². The van der Waals surface area contributed by atoms with Crippen LogP contribution in [0.1, 0.15) is 122 Å². The lowest BCUT2D eigenvalue weighted by Gasteiger charge is -2.35. The summed E-state index contributed by atoms with van der Waals surface area (Å²) in [5.41, 5.74) is 6.03. The second kappa shape index (κ2) is 17.9. The quantitative estimate of drug-likeness (QED) is 0.0567. The molecule has 7 rings (SSSR count). The van der Waals surface area contributed by atoms with Gasteiger partial charge in [-0.2, -0.15) is 8.75 Å². The van der Waals surface area contributed by atoms with Crippen molar-refractivity contribution in [1.29, 1.82) is 0 Å². The lowest BCUT2D eigenvalue weighted by molar-refractivity contribution is 0.469. The van der Waals surface area contributed by atoms with Crippen molar-refractivity contribution in [3.8, 4) is 40.4 Å². The largest absolute Gasteiger partial charge is 0.172 e. The van der Waals surface area contributed by atoms with Gasteiger partial charge < -0.3 is 0 Å². The van der Waals surface area contributed by atoms with E-state index in [1.165, 1.54) is 148 Å². The van der Waals surface area contributed by atoms with Crippen LogP contribution in [0, 0.1) is 18.8 Å². The van der Waals surface area contributed by atoms with E-state index in [0.29, 0.717) is 0 Å². The summed E-state index contributed by atoms with van der Waals surface area (Å²) in [6, 6.07) is 19.8. The minimum absolute atomic E-state index is 0.810. The number of rotatable bonds is 20. The Bertz CT molecular complexity index is 2070. The van der Waals surface area contributed by atoms with Gasteiger partial charge in [0.05, 0.1) is 11.7 Å². The van der Waals surface area contributed by atoms with Crippen LogP contribution in [0.3, 0.4) is 0 Å². The highest BCUT2D eigenvalue weighted by Crippen LogP contribution is 2.49. The molecule has 2 atom stereocenters. The molecule has 1 aliphatic rings. The Balaban J connectivity index is 1.26. The third-order valence-electron chi connectivity index (χ3n) is 12.0. The SMILES string of the molecule is CCCCCCc1ccc(-c2ccc(-c3cc(C)c(-c4cc5c(s4)-c4sccc4[Si]5(CC(CC)CCCC)CC(CC)CCCC)c4nsnc34)s2)s1. The van der Waals surface area contributed by atoms with Crippen molar-refractivity contribution in [3.05, 3.63) is 58.3 Å². The normalized spacial score (nSPS) is 16.4. The number of thiophene rings is 4. The zero-order valence-electron chi connectivity index (χ0n) is 32.8. The average Bonchev–Trinajstić information content (AvgIpc) is 4.02. The number of hydrogen-bond acceptors (Lipinski definition) is 7. The van der Waals surface area contributed by atoms with Crippen LogP contribution in [0.2, 0.25) is 12.1 Å². The molecule has 0 N–H and O–H groups in total. The van der Waals surface area contributed by atoms with E-state index < -0.39 is 8.07 Å². The predicted molar refractivity (Wildman–Crippen MR) is 244 cm³/mol. The van der Waals surface area contributed by atoms with Crippen LogP contribution < -0.4 is 10.4 Å². The first-order chi connectivity index (χ1) is 25.9. The van der Waals surface area contributed by atoms with Gasteiger partial charge in [0.25, 0.3) is 0 Å². The van der Waals surface area contributed by atoms with Gasteiger partial charge in [-0.15, -0.1) is 45.3 Å². The van der Waals surface area contributed by atoms with Gasteiger partial charge in [0, 0.05) is 45.3 Å². The summed E-state index contributed by atoms with van der Waals surface area (Å²) in [6.45, 7) is 14.2. The predicted octanol–water partition coefficient (Wildman–Crippen LogP) is 15.3. The zero-order valence-corrected chi connectivity index (χ0v) is 37.9. The second-order valence-corrected chi connectivity index (χ2v) is 24.5. The first-order valence-corrected chi connectivity index (χ1v) is 27.1. The maximum Gasteiger partial charge on any atom is 0.122 e. The van der Waals surface area contributed by atoms with Gasteiger partial charge in [0.1, 0.15) is 19.1 Å². The summed E-state index contributed by atoms with van der Waals surface area (Å²) in [5.74, 6) is 1.62. The molecule has 6 aromatic rings. The Kier molecular flexibility index (Phi) is 13.3. The molecule has 5 aromatic heterocycles. The molecule has 0 bridgehead atoms. The second-order valence-electron chi connectivity index (χ2n) is 15.7. The van der Waals surface area contributed by atoms with E-state index in [0.717, 1.165) is 22.9 Å². The molecule has 0 aliphatic carbocycles. The third kappa shape index (κ3) is 8.02. The molecular weight excluding hydrogens is 757 g/mol. The van der Waals surface area contributed by atoms with Crippen molar-refractivity contribution >= 4 is 86.6 Å². The number of hydrogen-bond donors (Lipinski definition) is 0. The van der Waals surface area contributed by atoms with Gasteiger partial charge in [0.15, 0.2) is 0 Å². The zero-order chi connectivity index (χ0) is 37.0. The van der Waals surface area contributed by atoms with Crippen molar-refractivity contribution in [1.82, 2.24) is 8.75 Å². The molecule has 2 unspecified atom stereocenters. The van der Waals surface area contributed by atoms with E-state index in [4.69, 9.17) is 8.75 Å². The third-order valence-corrected chi connectivity index (χ3v) is 23.0. The molecule has 0 radical (unpaired) electrons. The first-order valence-electron chi connectivity index (χ1n) is 20.6. The number of nitrogens with zero attached hydrogens (tertiary/aromatic N) is 2. The van der Waals surface area contributed by atoms with Crippen LogP contribution in [-0.2, 0) is 6.42 Å². The first kappa shape index (κ1) is 39.3. The maximum atomic E-state index is 5.05. The Morgan fingerprint density at radius 3 is 2.02 bits per heavy atom. The monoisotopic (exact) mass is 814 g/mol. The summed E-state index contributed by atoms with van der Waals surface area (Å²) in [4.78, 5) is 10.2. The van der Waals surface area contributed by atoms with Crippen LogP contribution in [0.15, 0.2) is 47.8 Å². The van der Waals surface area contributed by atoms with Gasteiger partial charge >= 0.3 is 0 Å². The van der Waals surface area contributed by atoms with Gasteiger partial charge in [-0.25, -0.2) is 0 Å². The van der Waals surface area contributed by atoms with E-state index in [1.54, 1.807) is 20.1 Å². The molecule has 0 amide bonds. The van der Waals surface area contributed by atoms with E-state index in [-0.39, 0.29) is 0 Å². The number of aromatic nitrogens is 2. The van der Waals surface area contributed by atoms with Crippen LogP contribution in [0.4, 0.5) is 0 Å². The van der Waals surface area contributed by atoms with Gasteiger partial charge in [-0.3, -0.25) is 0 Å². The van der Waals surface area contributed by atoms with Crippen molar-refractivity contribution in [2.24, 2.45) is 11.8 Å². The molecule has 282 valence electrons. The summed E-state index contributed by atoms with van der Waals surface area (Å²) in [6.07, 6.45) is 17.1. The van der Waals surface area contributed by atoms with Crippen molar-refractivity contribution in [3.63, 3.8) is 0 Å². The number of unbranched alkanes of at least 4 members (excludes halogenated alkanes) is 5. The Morgan fingerprint density at radius 2 is 1.30 bits per heavy atom. The fourth-order valence-electron chi connectivity index (χ4n) is 9.00. The van der Waals surface area contributed by atoms with Crippen molar-refractivity contribution in [2.75, 3.05) is 0 Å². The standard InChI is InChI=1S/C45H58N2S5Si/c1-7-12-15-16-19-33-20-21-36(49-33)37-23-22-35(50-37)34-26-30(6)41(43-42(34)46-52-47-43)38-27-40-45(51-38)44-39(24-25-48-44)53(40,28-31(10-4)17-13-8-2)29-32(11-5)18-14-9-3/h20-27,31-32H,7-19,28-29H2,1-6H3. The fraction of sp³-hybridized carbons (Fsp3) is 0.511. The van der Waals surface area contributed by atoms with Gasteiger partial charge in [0.2, 0.25) is 0 Å². The lowest BCUT2D eigenvalue weighted by atomic mass is 10.00. The molecule has 1 aromatic carbocycles. The van der Waals surface area contributed by atoms with E-state index in [1.807, 2.05) is 34.0 Å². The number of aryl methyl sites for hydroxylation is 2. The van der Waals surface area contributed by atoms with Crippen LogP contribution in [-0.4, -0.2) is 16.8 Å². The molecular formula is C45H58N2S5Si. The summed E-state index contributed by atoms with van der Waals surface area (Å²) in [7, 11) is -1.98. The highest BCUT2D eigenvalue weighted by molar-refractivity contribution is 7.30. The molecule has 0 saturated heterocycles. The smallest absolute Gasteiger partial charge is 0.122 e. The minimum Gasteiger partial charge on any atom is -0.172 e. The number of benzene rings is 1. The lowest BCUT2D eigenvalue weighted by Crippen LogP contribution is -2.56. The molecule has 0 fully saturated rings. The van der Waals surface area contributed by atoms with Crippen LogP contribution in [0.25, 0.3) is 51.4 Å². The average molecular weight is 815 g/mol. The summed E-state index contributed by atoms with van der Waals surface area (Å²) in [5, 5.41) is 5.94. The fourth-order valence-corrected chi connectivity index (χ4v) is 22.0. The summed E-state index contributed by atoms with van der Waals surface area (Å²) >= 11 is 9.33. The molecule has 0 spiro atoms. The Hall–Kier alpha value is -1.94. The molecule has 8 heteroatoms. The van der Waals surface area contributed by atoms with Crippen LogP contribution in [0.5, 0.6) is 0 Å². The number of fused-ring (bicyclic) bond motifs is 4. The highest BCUT2D eigenvalue weighted by Gasteiger charge is 2.49. The molecule has 6 heterocycles. The minimum atomic E-state index is -1.98. The van der Waals surface area contributed by atoms with E-state index in [2.05, 4.69) is 101 Å². The van der Waals surface area contributed by atoms with Gasteiger partial charge in [-0.1, -0.05) is 111 Å². The topological polar surface area (TPSA) is 25.8 Å². The molecule has 0 saturated carbocycles. The Morgan fingerprint density at radius 1 is 0.623 bits per heavy atom. The molecule has 2 nitrogen and oxygen atoms in total. The van der Waals surface area contributed by atoms with E-state index >= 15 is 0 Å². The van der Waals surface area contributed by atoms with Crippen molar-refractivity contribution in [2.45, 2.75) is 137 Å². The Labute approximate surface area is 340 Å². The maximum absolute atomic E-state index is 5.05. The van der Waals surface area contributed by atoms with E-state index in [9.17, 15) is 0 Å². The molecule has 53 heavy (non-hydrogen) atoms. The molecule has 1 aliphatic heterocycles. The summed E-state index contributed by atoms with van der Waals surface area (Å²) < 4.78 is 10.0. The highest BCUT2D eigenvalue weighted by atomic mass is 32.1. The van der Waals surface area contributed by atoms with Crippen molar-refractivity contribution < 1.29 is 0 Å². The van der Waals surface area contributed by atoms with Gasteiger partial charge in [-0.05, 0) is 101 Å².